The van der Waals surface area contributed by atoms with Crippen molar-refractivity contribution in [3.05, 3.63) is 59.9 Å². The van der Waals surface area contributed by atoms with Crippen molar-refractivity contribution >= 4 is 6.03 Å². The molecular weight excluding hydrogens is 290 g/mol. The van der Waals surface area contributed by atoms with E-state index < -0.39 is 0 Å². The molecule has 1 atom stereocenters. The van der Waals surface area contributed by atoms with Gasteiger partial charge in [-0.2, -0.15) is 0 Å². The molecule has 0 spiro atoms. The smallest absolute Gasteiger partial charge is 0.315 e. The van der Waals surface area contributed by atoms with E-state index in [1.807, 2.05) is 49.4 Å². The first-order valence-electron chi connectivity index (χ1n) is 7.77. The third kappa shape index (κ3) is 5.62. The zero-order valence-corrected chi connectivity index (χ0v) is 13.6. The molecule has 1 aromatic carbocycles. The maximum Gasteiger partial charge on any atom is 0.315 e. The summed E-state index contributed by atoms with van der Waals surface area (Å²) in [6, 6.07) is 13.4. The van der Waals surface area contributed by atoms with E-state index in [0.717, 1.165) is 24.3 Å². The summed E-state index contributed by atoms with van der Waals surface area (Å²) in [5.41, 5.74) is 2.08. The van der Waals surface area contributed by atoms with Gasteiger partial charge in [0, 0.05) is 12.7 Å². The molecule has 0 saturated heterocycles. The first-order chi connectivity index (χ1) is 11.2. The maximum absolute atomic E-state index is 11.9. The predicted molar refractivity (Wildman–Crippen MR) is 90.5 cm³/mol. The van der Waals surface area contributed by atoms with Gasteiger partial charge in [0.15, 0.2) is 0 Å². The number of carbonyl (C=O) groups excluding carboxylic acids is 1. The molecule has 122 valence electrons. The highest BCUT2D eigenvalue weighted by molar-refractivity contribution is 5.74. The van der Waals surface area contributed by atoms with Crippen LogP contribution >= 0.6 is 0 Å². The van der Waals surface area contributed by atoms with Gasteiger partial charge in [0.25, 0.3) is 0 Å². The van der Waals surface area contributed by atoms with E-state index in [9.17, 15) is 4.79 Å². The first kappa shape index (κ1) is 16.8. The summed E-state index contributed by atoms with van der Waals surface area (Å²) < 4.78 is 5.13. The lowest BCUT2D eigenvalue weighted by Gasteiger charge is -2.14. The van der Waals surface area contributed by atoms with Crippen LogP contribution in [0.1, 0.15) is 30.6 Å². The molecule has 2 rings (SSSR count). The first-order valence-corrected chi connectivity index (χ1v) is 7.77. The SMILES string of the molecule is COc1ccc(CCCNC(=O)N[C@H](C)c2ccccn2)cc1. The van der Waals surface area contributed by atoms with E-state index >= 15 is 0 Å². The number of rotatable bonds is 7. The van der Waals surface area contributed by atoms with Crippen LogP contribution in [0.15, 0.2) is 48.7 Å². The molecular formula is C18H23N3O2. The van der Waals surface area contributed by atoms with Crippen LogP contribution in [0.4, 0.5) is 4.79 Å². The molecule has 0 saturated carbocycles. The number of urea groups is 1. The highest BCUT2D eigenvalue weighted by Gasteiger charge is 2.09. The van der Waals surface area contributed by atoms with Crippen molar-refractivity contribution in [3.63, 3.8) is 0 Å². The highest BCUT2D eigenvalue weighted by atomic mass is 16.5. The second kappa shape index (κ2) is 8.78. The van der Waals surface area contributed by atoms with E-state index in [2.05, 4.69) is 15.6 Å². The van der Waals surface area contributed by atoms with E-state index in [1.165, 1.54) is 5.56 Å². The fourth-order valence-corrected chi connectivity index (χ4v) is 2.24. The lowest BCUT2D eigenvalue weighted by Crippen LogP contribution is -2.37. The molecule has 2 N–H and O–H groups in total. The van der Waals surface area contributed by atoms with Crippen molar-refractivity contribution in [1.29, 1.82) is 0 Å². The Balaban J connectivity index is 1.66. The van der Waals surface area contributed by atoms with E-state index in [1.54, 1.807) is 13.3 Å². The van der Waals surface area contributed by atoms with Crippen molar-refractivity contribution in [2.75, 3.05) is 13.7 Å². The molecule has 5 nitrogen and oxygen atoms in total. The van der Waals surface area contributed by atoms with Crippen molar-refractivity contribution in [2.45, 2.75) is 25.8 Å². The summed E-state index contributed by atoms with van der Waals surface area (Å²) in [4.78, 5) is 16.1. The molecule has 1 aromatic heterocycles. The monoisotopic (exact) mass is 313 g/mol. The van der Waals surface area contributed by atoms with Crippen LogP contribution < -0.4 is 15.4 Å². The normalized spacial score (nSPS) is 11.6. The van der Waals surface area contributed by atoms with Crippen molar-refractivity contribution in [3.8, 4) is 5.75 Å². The average Bonchev–Trinajstić information content (AvgIpc) is 2.60. The molecule has 0 aliphatic carbocycles. The molecule has 0 unspecified atom stereocenters. The number of amides is 2. The summed E-state index contributed by atoms with van der Waals surface area (Å²) >= 11 is 0. The maximum atomic E-state index is 11.9. The van der Waals surface area contributed by atoms with Crippen LogP contribution in [-0.2, 0) is 6.42 Å². The average molecular weight is 313 g/mol. The van der Waals surface area contributed by atoms with Gasteiger partial charge in [-0.15, -0.1) is 0 Å². The summed E-state index contributed by atoms with van der Waals surface area (Å²) in [5, 5.41) is 5.75. The third-order valence-electron chi connectivity index (χ3n) is 3.57. The van der Waals surface area contributed by atoms with Gasteiger partial charge in [0.2, 0.25) is 0 Å². The van der Waals surface area contributed by atoms with Crippen LogP contribution in [0, 0.1) is 0 Å². The topological polar surface area (TPSA) is 63.2 Å². The van der Waals surface area contributed by atoms with E-state index in [4.69, 9.17) is 4.74 Å². The molecule has 0 aliphatic rings. The Labute approximate surface area is 137 Å². The van der Waals surface area contributed by atoms with Gasteiger partial charge in [0.1, 0.15) is 5.75 Å². The Bertz CT molecular complexity index is 599. The number of hydrogen-bond acceptors (Lipinski definition) is 3. The van der Waals surface area contributed by atoms with Crippen molar-refractivity contribution in [1.82, 2.24) is 15.6 Å². The largest absolute Gasteiger partial charge is 0.497 e. The Morgan fingerprint density at radius 2 is 2.00 bits per heavy atom. The number of methoxy groups -OCH3 is 1. The molecule has 1 heterocycles. The predicted octanol–water partition coefficient (Wildman–Crippen LogP) is 3.08. The van der Waals surface area contributed by atoms with Gasteiger partial charge in [-0.3, -0.25) is 4.98 Å². The zero-order valence-electron chi connectivity index (χ0n) is 13.6. The van der Waals surface area contributed by atoms with Gasteiger partial charge in [-0.25, -0.2) is 4.79 Å². The summed E-state index contributed by atoms with van der Waals surface area (Å²) in [6.07, 6.45) is 3.53. The molecule has 2 aromatic rings. The Hall–Kier alpha value is -2.56. The van der Waals surface area contributed by atoms with E-state index in [-0.39, 0.29) is 12.1 Å². The lowest BCUT2D eigenvalue weighted by molar-refractivity contribution is 0.237. The van der Waals surface area contributed by atoms with Gasteiger partial charge in [-0.05, 0) is 49.6 Å². The van der Waals surface area contributed by atoms with Gasteiger partial charge >= 0.3 is 6.03 Å². The Morgan fingerprint density at radius 3 is 2.65 bits per heavy atom. The number of benzene rings is 1. The van der Waals surface area contributed by atoms with Crippen LogP contribution in [0.25, 0.3) is 0 Å². The number of ether oxygens (including phenoxy) is 1. The number of aromatic nitrogens is 1. The number of hydrogen-bond donors (Lipinski definition) is 2. The zero-order chi connectivity index (χ0) is 16.5. The molecule has 5 heteroatoms. The summed E-state index contributed by atoms with van der Waals surface area (Å²) in [6.45, 7) is 2.55. The molecule has 0 radical (unpaired) electrons. The fourth-order valence-electron chi connectivity index (χ4n) is 2.24. The minimum atomic E-state index is -0.169. The minimum Gasteiger partial charge on any atom is -0.497 e. The standard InChI is InChI=1S/C18H23N3O2/c1-14(17-7-3-4-12-19-17)21-18(22)20-13-5-6-15-8-10-16(23-2)11-9-15/h3-4,7-12,14H,5-6,13H2,1-2H3,(H2,20,21,22)/t14-/m1/s1. The number of pyridine rings is 1. The summed E-state index contributed by atoms with van der Waals surface area (Å²) in [5.74, 6) is 0.856. The van der Waals surface area contributed by atoms with E-state index in [0.29, 0.717) is 6.54 Å². The lowest BCUT2D eigenvalue weighted by atomic mass is 10.1. The highest BCUT2D eigenvalue weighted by Crippen LogP contribution is 2.12. The number of aryl methyl sites for hydroxylation is 1. The van der Waals surface area contributed by atoms with Gasteiger partial charge in [-0.1, -0.05) is 18.2 Å². The third-order valence-corrected chi connectivity index (χ3v) is 3.57. The number of nitrogens with one attached hydrogen (secondary N) is 2. The van der Waals surface area contributed by atoms with Crippen molar-refractivity contribution < 1.29 is 9.53 Å². The second-order valence-electron chi connectivity index (χ2n) is 5.33. The molecule has 0 fully saturated rings. The molecule has 0 aliphatic heterocycles. The van der Waals surface area contributed by atoms with Gasteiger partial charge < -0.3 is 15.4 Å². The minimum absolute atomic E-state index is 0.113. The fraction of sp³-hybridized carbons (Fsp3) is 0.333. The Kier molecular flexibility index (Phi) is 6.41. The van der Waals surface area contributed by atoms with Gasteiger partial charge in [0.05, 0.1) is 18.8 Å². The Morgan fingerprint density at radius 1 is 1.22 bits per heavy atom. The van der Waals surface area contributed by atoms with Crippen LogP contribution in [0.5, 0.6) is 5.75 Å². The van der Waals surface area contributed by atoms with Crippen LogP contribution in [0.2, 0.25) is 0 Å². The molecule has 23 heavy (non-hydrogen) atoms. The van der Waals surface area contributed by atoms with Crippen molar-refractivity contribution in [2.24, 2.45) is 0 Å². The van der Waals surface area contributed by atoms with Crippen LogP contribution in [0.3, 0.4) is 0 Å². The molecule has 0 bridgehead atoms. The summed E-state index contributed by atoms with van der Waals surface area (Å²) in [7, 11) is 1.66. The number of carbonyl (C=O) groups is 1. The second-order valence-corrected chi connectivity index (χ2v) is 5.33. The molecule has 2 amide bonds. The number of nitrogens with zero attached hydrogens (tertiary/aromatic N) is 1. The quantitative estimate of drug-likeness (QED) is 0.772. The van der Waals surface area contributed by atoms with Crippen LogP contribution in [-0.4, -0.2) is 24.7 Å².